The van der Waals surface area contributed by atoms with Crippen LogP contribution < -0.4 is 10.0 Å². The van der Waals surface area contributed by atoms with E-state index >= 15 is 0 Å². The molecule has 0 heterocycles. The molecule has 0 aliphatic carbocycles. The first-order valence-electron chi connectivity index (χ1n) is 9.44. The van der Waals surface area contributed by atoms with Gasteiger partial charge in [-0.05, 0) is 67.3 Å². The Hall–Kier alpha value is -2.67. The van der Waals surface area contributed by atoms with Crippen molar-refractivity contribution in [2.75, 3.05) is 5.32 Å². The van der Waals surface area contributed by atoms with E-state index in [4.69, 9.17) is 11.6 Å². The molecule has 0 unspecified atom stereocenters. The highest BCUT2D eigenvalue weighted by Gasteiger charge is 2.26. The van der Waals surface area contributed by atoms with Gasteiger partial charge in [0.2, 0.25) is 15.9 Å². The number of benzene rings is 3. The SMILES string of the molecule is Cc1ccc(C)c(NC(=O)[C@@H](Cc2ccccc2)NS(=O)(=O)c2ccc(Cl)cc2)c1. The van der Waals surface area contributed by atoms with Crippen molar-refractivity contribution in [1.29, 1.82) is 0 Å². The molecule has 7 heteroatoms. The van der Waals surface area contributed by atoms with Crippen LogP contribution in [-0.2, 0) is 21.2 Å². The van der Waals surface area contributed by atoms with Crippen LogP contribution in [0.15, 0.2) is 77.7 Å². The lowest BCUT2D eigenvalue weighted by molar-refractivity contribution is -0.117. The molecule has 0 aromatic heterocycles. The molecule has 30 heavy (non-hydrogen) atoms. The van der Waals surface area contributed by atoms with Gasteiger partial charge in [-0.1, -0.05) is 54.1 Å². The van der Waals surface area contributed by atoms with E-state index in [1.807, 2.05) is 62.4 Å². The Bertz CT molecular complexity index is 1130. The molecule has 156 valence electrons. The number of rotatable bonds is 7. The van der Waals surface area contributed by atoms with Crippen molar-refractivity contribution in [3.63, 3.8) is 0 Å². The van der Waals surface area contributed by atoms with Crippen LogP contribution in [0, 0.1) is 13.8 Å². The van der Waals surface area contributed by atoms with Crippen LogP contribution in [0.25, 0.3) is 0 Å². The molecule has 1 amide bonds. The molecule has 3 rings (SSSR count). The first-order chi connectivity index (χ1) is 14.2. The average molecular weight is 443 g/mol. The number of carbonyl (C=O) groups is 1. The highest BCUT2D eigenvalue weighted by molar-refractivity contribution is 7.89. The number of sulfonamides is 1. The summed E-state index contributed by atoms with van der Waals surface area (Å²) in [6, 6.07) is 19.8. The van der Waals surface area contributed by atoms with Gasteiger partial charge in [-0.25, -0.2) is 8.42 Å². The largest absolute Gasteiger partial charge is 0.324 e. The first kappa shape index (κ1) is 22.0. The number of nitrogens with one attached hydrogen (secondary N) is 2. The van der Waals surface area contributed by atoms with Crippen LogP contribution in [0.2, 0.25) is 5.02 Å². The summed E-state index contributed by atoms with van der Waals surface area (Å²) in [5.41, 5.74) is 3.39. The normalized spacial score (nSPS) is 12.4. The van der Waals surface area contributed by atoms with E-state index in [2.05, 4.69) is 10.0 Å². The third-order valence-corrected chi connectivity index (χ3v) is 6.41. The Morgan fingerprint density at radius 3 is 2.30 bits per heavy atom. The molecular weight excluding hydrogens is 420 g/mol. The van der Waals surface area contributed by atoms with Gasteiger partial charge in [0.25, 0.3) is 0 Å². The highest BCUT2D eigenvalue weighted by Crippen LogP contribution is 2.19. The number of hydrogen-bond donors (Lipinski definition) is 2. The Kier molecular flexibility index (Phi) is 6.92. The Morgan fingerprint density at radius 2 is 1.63 bits per heavy atom. The van der Waals surface area contributed by atoms with Crippen LogP contribution in [0.3, 0.4) is 0 Å². The predicted octanol–water partition coefficient (Wildman–Crippen LogP) is 4.49. The van der Waals surface area contributed by atoms with Crippen molar-refractivity contribution in [3.8, 4) is 0 Å². The van der Waals surface area contributed by atoms with Gasteiger partial charge in [0.1, 0.15) is 6.04 Å². The number of halogens is 1. The summed E-state index contributed by atoms with van der Waals surface area (Å²) in [5, 5.41) is 3.30. The highest BCUT2D eigenvalue weighted by atomic mass is 35.5. The summed E-state index contributed by atoms with van der Waals surface area (Å²) in [6.45, 7) is 3.82. The molecular formula is C23H23ClN2O3S. The smallest absolute Gasteiger partial charge is 0.242 e. The lowest BCUT2D eigenvalue weighted by Gasteiger charge is -2.20. The number of aryl methyl sites for hydroxylation is 2. The second kappa shape index (κ2) is 9.43. The molecule has 0 spiro atoms. The fourth-order valence-electron chi connectivity index (χ4n) is 3.00. The first-order valence-corrected chi connectivity index (χ1v) is 11.3. The lowest BCUT2D eigenvalue weighted by Crippen LogP contribution is -2.45. The van der Waals surface area contributed by atoms with Crippen LogP contribution in [0.1, 0.15) is 16.7 Å². The fraction of sp³-hybridized carbons (Fsp3) is 0.174. The van der Waals surface area contributed by atoms with Gasteiger partial charge in [-0.3, -0.25) is 4.79 Å². The molecule has 3 aromatic carbocycles. The average Bonchev–Trinajstić information content (AvgIpc) is 2.71. The Labute approximate surface area is 182 Å². The molecule has 0 radical (unpaired) electrons. The summed E-state index contributed by atoms with van der Waals surface area (Å²) in [7, 11) is -3.92. The molecule has 0 saturated carbocycles. The van der Waals surface area contributed by atoms with E-state index in [-0.39, 0.29) is 11.3 Å². The van der Waals surface area contributed by atoms with E-state index in [1.165, 1.54) is 24.3 Å². The number of carbonyl (C=O) groups excluding carboxylic acids is 1. The van der Waals surface area contributed by atoms with Gasteiger partial charge in [0.05, 0.1) is 4.90 Å². The third kappa shape index (κ3) is 5.69. The van der Waals surface area contributed by atoms with Crippen LogP contribution in [0.5, 0.6) is 0 Å². The molecule has 3 aromatic rings. The maximum absolute atomic E-state index is 13.1. The van der Waals surface area contributed by atoms with Gasteiger partial charge in [0, 0.05) is 10.7 Å². The van der Waals surface area contributed by atoms with Crippen molar-refractivity contribution >= 4 is 33.2 Å². The summed E-state index contributed by atoms with van der Waals surface area (Å²) < 4.78 is 28.3. The quantitative estimate of drug-likeness (QED) is 0.566. The zero-order valence-electron chi connectivity index (χ0n) is 16.7. The second-order valence-electron chi connectivity index (χ2n) is 7.13. The van der Waals surface area contributed by atoms with E-state index in [0.717, 1.165) is 16.7 Å². The maximum atomic E-state index is 13.1. The van der Waals surface area contributed by atoms with E-state index < -0.39 is 22.0 Å². The van der Waals surface area contributed by atoms with E-state index in [9.17, 15) is 13.2 Å². The minimum atomic E-state index is -3.92. The molecule has 0 fully saturated rings. The summed E-state index contributed by atoms with van der Waals surface area (Å²) >= 11 is 5.86. The van der Waals surface area contributed by atoms with Crippen LogP contribution in [-0.4, -0.2) is 20.4 Å². The molecule has 0 aliphatic heterocycles. The topological polar surface area (TPSA) is 75.3 Å². The fourth-order valence-corrected chi connectivity index (χ4v) is 4.32. The minimum Gasteiger partial charge on any atom is -0.324 e. The van der Waals surface area contributed by atoms with Crippen LogP contribution in [0.4, 0.5) is 5.69 Å². The standard InChI is InChI=1S/C23H23ClN2O3S/c1-16-8-9-17(2)21(14-16)25-23(27)22(15-18-6-4-3-5-7-18)26-30(28,29)20-12-10-19(24)11-13-20/h3-14,22,26H,15H2,1-2H3,(H,25,27)/t22-/m1/s1. The van der Waals surface area contributed by atoms with Crippen molar-refractivity contribution in [1.82, 2.24) is 4.72 Å². The predicted molar refractivity (Wildman–Crippen MR) is 120 cm³/mol. The third-order valence-electron chi connectivity index (χ3n) is 4.67. The molecule has 1 atom stereocenters. The lowest BCUT2D eigenvalue weighted by atomic mass is 10.1. The van der Waals surface area contributed by atoms with Crippen molar-refractivity contribution in [2.45, 2.75) is 31.2 Å². The Balaban J connectivity index is 1.88. The summed E-state index contributed by atoms with van der Waals surface area (Å²) in [5.74, 6) is -0.426. The zero-order valence-corrected chi connectivity index (χ0v) is 18.3. The van der Waals surface area contributed by atoms with Crippen molar-refractivity contribution in [2.24, 2.45) is 0 Å². The molecule has 5 nitrogen and oxygen atoms in total. The van der Waals surface area contributed by atoms with Crippen LogP contribution >= 0.6 is 11.6 Å². The van der Waals surface area contributed by atoms with Gasteiger partial charge in [0.15, 0.2) is 0 Å². The Morgan fingerprint density at radius 1 is 0.967 bits per heavy atom. The molecule has 0 aliphatic rings. The van der Waals surface area contributed by atoms with Crippen molar-refractivity contribution in [3.05, 3.63) is 94.5 Å². The number of hydrogen-bond acceptors (Lipinski definition) is 3. The van der Waals surface area contributed by atoms with Gasteiger partial charge >= 0.3 is 0 Å². The zero-order chi connectivity index (χ0) is 21.7. The molecule has 0 bridgehead atoms. The van der Waals surface area contributed by atoms with E-state index in [1.54, 1.807) is 0 Å². The summed E-state index contributed by atoms with van der Waals surface area (Å²) in [6.07, 6.45) is 0.213. The molecule has 0 saturated heterocycles. The maximum Gasteiger partial charge on any atom is 0.242 e. The summed E-state index contributed by atoms with van der Waals surface area (Å²) in [4.78, 5) is 13.1. The van der Waals surface area contributed by atoms with E-state index in [0.29, 0.717) is 10.7 Å². The van der Waals surface area contributed by atoms with Gasteiger partial charge < -0.3 is 5.32 Å². The van der Waals surface area contributed by atoms with Crippen molar-refractivity contribution < 1.29 is 13.2 Å². The molecule has 2 N–H and O–H groups in total. The minimum absolute atomic E-state index is 0.0458. The second-order valence-corrected chi connectivity index (χ2v) is 9.28. The van der Waals surface area contributed by atoms with Gasteiger partial charge in [-0.2, -0.15) is 4.72 Å². The monoisotopic (exact) mass is 442 g/mol. The number of amides is 1. The number of anilines is 1. The van der Waals surface area contributed by atoms with Gasteiger partial charge in [-0.15, -0.1) is 0 Å².